The SMILES string of the molecule is COc1ccc(Sc2nc(C)c(C(=O)O)s2)nc1. The Labute approximate surface area is 112 Å². The smallest absolute Gasteiger partial charge is 0.347 e. The van der Waals surface area contributed by atoms with Gasteiger partial charge in [0, 0.05) is 0 Å². The van der Waals surface area contributed by atoms with Crippen LogP contribution in [0.3, 0.4) is 0 Å². The van der Waals surface area contributed by atoms with Crippen molar-refractivity contribution in [2.75, 3.05) is 7.11 Å². The highest BCUT2D eigenvalue weighted by Gasteiger charge is 2.14. The molecule has 0 saturated heterocycles. The van der Waals surface area contributed by atoms with Gasteiger partial charge in [0.15, 0.2) is 4.34 Å². The molecule has 0 atom stereocenters. The maximum Gasteiger partial charge on any atom is 0.347 e. The second-order valence-corrected chi connectivity index (χ2v) is 5.60. The number of aromatic nitrogens is 2. The molecule has 0 aliphatic heterocycles. The van der Waals surface area contributed by atoms with Crippen molar-refractivity contribution >= 4 is 29.1 Å². The Morgan fingerprint density at radius 1 is 1.50 bits per heavy atom. The lowest BCUT2D eigenvalue weighted by atomic mass is 10.4. The van der Waals surface area contributed by atoms with Gasteiger partial charge in [0.1, 0.15) is 15.7 Å². The summed E-state index contributed by atoms with van der Waals surface area (Å²) in [5, 5.41) is 9.69. The van der Waals surface area contributed by atoms with E-state index in [1.54, 1.807) is 32.4 Å². The molecule has 2 heterocycles. The molecule has 0 spiro atoms. The van der Waals surface area contributed by atoms with E-state index in [-0.39, 0.29) is 4.88 Å². The second kappa shape index (κ2) is 5.36. The number of carboxylic acid groups (broad SMARTS) is 1. The third-order valence-corrected chi connectivity index (χ3v) is 4.26. The summed E-state index contributed by atoms with van der Waals surface area (Å²) in [5.74, 6) is -0.263. The number of rotatable bonds is 4. The Morgan fingerprint density at radius 2 is 2.28 bits per heavy atom. The number of hydrogen-bond acceptors (Lipinski definition) is 6. The molecule has 0 aromatic carbocycles. The van der Waals surface area contributed by atoms with Gasteiger partial charge in [-0.2, -0.15) is 0 Å². The zero-order chi connectivity index (χ0) is 13.1. The van der Waals surface area contributed by atoms with E-state index in [0.29, 0.717) is 15.8 Å². The third kappa shape index (κ3) is 2.80. The van der Waals surface area contributed by atoms with Crippen molar-refractivity contribution in [3.8, 4) is 5.75 Å². The minimum Gasteiger partial charge on any atom is -0.495 e. The summed E-state index contributed by atoms with van der Waals surface area (Å²) in [6.45, 7) is 1.69. The van der Waals surface area contributed by atoms with Crippen molar-refractivity contribution in [2.45, 2.75) is 16.3 Å². The fourth-order valence-electron chi connectivity index (χ4n) is 1.25. The van der Waals surface area contributed by atoms with Crippen LogP contribution in [0.2, 0.25) is 0 Å². The third-order valence-electron chi connectivity index (χ3n) is 2.11. The number of ether oxygens (including phenoxy) is 1. The first kappa shape index (κ1) is 12.8. The monoisotopic (exact) mass is 282 g/mol. The Balaban J connectivity index is 2.18. The molecule has 7 heteroatoms. The van der Waals surface area contributed by atoms with Gasteiger partial charge < -0.3 is 9.84 Å². The first-order valence-electron chi connectivity index (χ1n) is 4.98. The van der Waals surface area contributed by atoms with Gasteiger partial charge in [-0.15, -0.1) is 0 Å². The van der Waals surface area contributed by atoms with Gasteiger partial charge >= 0.3 is 5.97 Å². The summed E-state index contributed by atoms with van der Waals surface area (Å²) in [6.07, 6.45) is 1.61. The summed E-state index contributed by atoms with van der Waals surface area (Å²) >= 11 is 2.49. The molecule has 0 aliphatic rings. The highest BCUT2D eigenvalue weighted by atomic mass is 32.2. The number of hydrogen-bond donors (Lipinski definition) is 1. The molecule has 2 rings (SSSR count). The molecule has 0 radical (unpaired) electrons. The quantitative estimate of drug-likeness (QED) is 0.929. The van der Waals surface area contributed by atoms with Crippen LogP contribution in [0.1, 0.15) is 15.4 Å². The molecule has 0 fully saturated rings. The van der Waals surface area contributed by atoms with Gasteiger partial charge in [0.05, 0.1) is 19.0 Å². The lowest BCUT2D eigenvalue weighted by Crippen LogP contribution is -1.94. The molecule has 0 amide bonds. The van der Waals surface area contributed by atoms with Crippen molar-refractivity contribution < 1.29 is 14.6 Å². The summed E-state index contributed by atoms with van der Waals surface area (Å²) < 4.78 is 5.68. The Bertz CT molecular complexity index is 566. The minimum absolute atomic E-state index is 0.269. The Kier molecular flexibility index (Phi) is 3.83. The zero-order valence-electron chi connectivity index (χ0n) is 9.71. The maximum absolute atomic E-state index is 10.9. The molecule has 94 valence electrons. The molecule has 1 N–H and O–H groups in total. The highest BCUT2D eigenvalue weighted by Crippen LogP contribution is 2.32. The normalized spacial score (nSPS) is 10.3. The number of aryl methyl sites for hydroxylation is 1. The van der Waals surface area contributed by atoms with E-state index in [9.17, 15) is 4.79 Å². The first-order chi connectivity index (χ1) is 8.60. The first-order valence-corrected chi connectivity index (χ1v) is 6.62. The molecule has 2 aromatic rings. The van der Waals surface area contributed by atoms with Crippen LogP contribution in [0, 0.1) is 6.92 Å². The topological polar surface area (TPSA) is 72.3 Å². The van der Waals surface area contributed by atoms with Crippen molar-refractivity contribution in [1.82, 2.24) is 9.97 Å². The molecule has 0 saturated carbocycles. The van der Waals surface area contributed by atoms with Gasteiger partial charge in [-0.3, -0.25) is 0 Å². The number of carboxylic acids is 1. The van der Waals surface area contributed by atoms with Crippen LogP contribution in [0.15, 0.2) is 27.7 Å². The van der Waals surface area contributed by atoms with Crippen LogP contribution in [-0.2, 0) is 0 Å². The van der Waals surface area contributed by atoms with Gasteiger partial charge in [-0.05, 0) is 30.8 Å². The van der Waals surface area contributed by atoms with E-state index < -0.39 is 5.97 Å². The van der Waals surface area contributed by atoms with E-state index in [4.69, 9.17) is 9.84 Å². The lowest BCUT2D eigenvalue weighted by Gasteiger charge is -1.99. The predicted molar refractivity (Wildman–Crippen MR) is 68.7 cm³/mol. The number of nitrogens with zero attached hydrogens (tertiary/aromatic N) is 2. The Morgan fingerprint density at radius 3 is 2.78 bits per heavy atom. The van der Waals surface area contributed by atoms with Gasteiger partial charge in [0.25, 0.3) is 0 Å². The van der Waals surface area contributed by atoms with Crippen molar-refractivity contribution in [1.29, 1.82) is 0 Å². The fourth-order valence-corrected chi connectivity index (χ4v) is 3.16. The van der Waals surface area contributed by atoms with Crippen LogP contribution >= 0.6 is 23.1 Å². The number of methoxy groups -OCH3 is 1. The predicted octanol–water partition coefficient (Wildman–Crippen LogP) is 2.70. The molecule has 0 bridgehead atoms. The van der Waals surface area contributed by atoms with Gasteiger partial charge in [-0.1, -0.05) is 11.3 Å². The molecule has 0 unspecified atom stereocenters. The largest absolute Gasteiger partial charge is 0.495 e. The summed E-state index contributed by atoms with van der Waals surface area (Å²) in [5.41, 5.74) is 0.531. The van der Waals surface area contributed by atoms with Crippen LogP contribution in [0.25, 0.3) is 0 Å². The van der Waals surface area contributed by atoms with E-state index in [0.717, 1.165) is 16.4 Å². The van der Waals surface area contributed by atoms with Crippen LogP contribution in [-0.4, -0.2) is 28.2 Å². The van der Waals surface area contributed by atoms with E-state index in [1.165, 1.54) is 11.8 Å². The van der Waals surface area contributed by atoms with Crippen LogP contribution in [0.4, 0.5) is 0 Å². The average Bonchev–Trinajstić information content (AvgIpc) is 2.71. The number of carbonyl (C=O) groups is 1. The lowest BCUT2D eigenvalue weighted by molar-refractivity contribution is 0.0701. The molecule has 0 aliphatic carbocycles. The van der Waals surface area contributed by atoms with Crippen molar-refractivity contribution in [2.24, 2.45) is 0 Å². The van der Waals surface area contributed by atoms with Gasteiger partial charge in [0.2, 0.25) is 0 Å². The number of pyridine rings is 1. The van der Waals surface area contributed by atoms with Crippen molar-refractivity contribution in [3.63, 3.8) is 0 Å². The van der Waals surface area contributed by atoms with E-state index in [1.807, 2.05) is 0 Å². The summed E-state index contributed by atoms with van der Waals surface area (Å²) in [4.78, 5) is 19.6. The minimum atomic E-state index is -0.945. The Hall–Kier alpha value is -1.60. The molecular weight excluding hydrogens is 272 g/mol. The average molecular weight is 282 g/mol. The van der Waals surface area contributed by atoms with Gasteiger partial charge in [-0.25, -0.2) is 14.8 Å². The number of aromatic carboxylic acids is 1. The summed E-state index contributed by atoms with van der Waals surface area (Å²) in [6, 6.07) is 3.61. The fraction of sp³-hybridized carbons (Fsp3) is 0.182. The molecule has 5 nitrogen and oxygen atoms in total. The van der Waals surface area contributed by atoms with Crippen LogP contribution in [0.5, 0.6) is 5.75 Å². The zero-order valence-corrected chi connectivity index (χ0v) is 11.3. The number of thiazole rings is 1. The van der Waals surface area contributed by atoms with E-state index in [2.05, 4.69) is 9.97 Å². The van der Waals surface area contributed by atoms with Crippen LogP contribution < -0.4 is 4.74 Å². The summed E-state index contributed by atoms with van der Waals surface area (Å²) in [7, 11) is 1.58. The second-order valence-electron chi connectivity index (χ2n) is 3.34. The molecule has 2 aromatic heterocycles. The van der Waals surface area contributed by atoms with E-state index >= 15 is 0 Å². The molecule has 18 heavy (non-hydrogen) atoms. The molecular formula is C11H10N2O3S2. The highest BCUT2D eigenvalue weighted by molar-refractivity contribution is 8.01. The van der Waals surface area contributed by atoms with Crippen molar-refractivity contribution in [3.05, 3.63) is 28.9 Å². The standard InChI is InChI=1S/C11H10N2O3S2/c1-6-9(10(14)15)18-11(13-6)17-8-4-3-7(16-2)5-12-8/h3-5H,1-2H3,(H,14,15). The maximum atomic E-state index is 10.9.